The molecular formula is C20H23N5O4S. The first-order valence-corrected chi connectivity index (χ1v) is 11.0. The van der Waals surface area contributed by atoms with Crippen LogP contribution in [0.3, 0.4) is 0 Å². The molecular weight excluding hydrogens is 406 g/mol. The van der Waals surface area contributed by atoms with E-state index in [2.05, 4.69) is 24.9 Å². The van der Waals surface area contributed by atoms with Crippen LogP contribution < -0.4 is 24.4 Å². The Bertz CT molecular complexity index is 1160. The predicted molar refractivity (Wildman–Crippen MR) is 115 cm³/mol. The van der Waals surface area contributed by atoms with Crippen molar-refractivity contribution in [1.82, 2.24) is 15.3 Å². The van der Waals surface area contributed by atoms with Gasteiger partial charge < -0.3 is 19.7 Å². The summed E-state index contributed by atoms with van der Waals surface area (Å²) in [5.74, 6) is 1.68. The minimum Gasteiger partial charge on any atom is -0.493 e. The summed E-state index contributed by atoms with van der Waals surface area (Å²) in [7, 11) is -0.934. The lowest BCUT2D eigenvalue weighted by atomic mass is 10.2. The van der Waals surface area contributed by atoms with Crippen molar-refractivity contribution in [3.63, 3.8) is 0 Å². The lowest BCUT2D eigenvalue weighted by Gasteiger charge is -2.29. The van der Waals surface area contributed by atoms with E-state index in [1.165, 1.54) is 26.4 Å². The standard InChI is InChI=1S/C20H23N5O4S/c1-28-16-6-5-15(13-17(16)29-2)30(26,27)24-18-12-14-4-3-7-22-19(14)20(23-18)25-10-8-21-9-11-25/h3-7,12-13,21H,8-11H2,1-2H3,(H,23,24). The van der Waals surface area contributed by atoms with Gasteiger partial charge in [0.15, 0.2) is 17.3 Å². The van der Waals surface area contributed by atoms with Gasteiger partial charge in [0.1, 0.15) is 11.3 Å². The van der Waals surface area contributed by atoms with Gasteiger partial charge in [-0.25, -0.2) is 13.4 Å². The Morgan fingerprint density at radius 2 is 1.83 bits per heavy atom. The topological polar surface area (TPSA) is 106 Å². The maximum atomic E-state index is 13.0. The zero-order valence-electron chi connectivity index (χ0n) is 16.8. The molecule has 0 bridgehead atoms. The number of nitrogens with one attached hydrogen (secondary N) is 2. The zero-order chi connectivity index (χ0) is 21.1. The minimum atomic E-state index is -3.89. The van der Waals surface area contributed by atoms with Crippen LogP contribution in [0.4, 0.5) is 11.6 Å². The molecule has 1 aliphatic heterocycles. The Morgan fingerprint density at radius 1 is 1.07 bits per heavy atom. The first-order chi connectivity index (χ1) is 14.5. The fourth-order valence-corrected chi connectivity index (χ4v) is 4.40. The second kappa shape index (κ2) is 8.33. The molecule has 10 heteroatoms. The second-order valence-corrected chi connectivity index (χ2v) is 8.45. The molecule has 0 saturated carbocycles. The van der Waals surface area contributed by atoms with E-state index in [0.29, 0.717) is 17.3 Å². The third-order valence-electron chi connectivity index (χ3n) is 4.89. The van der Waals surface area contributed by atoms with E-state index in [1.54, 1.807) is 18.3 Å². The molecule has 1 aromatic carbocycles. The highest BCUT2D eigenvalue weighted by Crippen LogP contribution is 2.31. The minimum absolute atomic E-state index is 0.0527. The lowest BCUT2D eigenvalue weighted by molar-refractivity contribution is 0.354. The first-order valence-electron chi connectivity index (χ1n) is 9.48. The molecule has 0 atom stereocenters. The number of hydrogen-bond acceptors (Lipinski definition) is 8. The van der Waals surface area contributed by atoms with Crippen molar-refractivity contribution in [2.75, 3.05) is 50.0 Å². The van der Waals surface area contributed by atoms with Gasteiger partial charge in [0.2, 0.25) is 0 Å². The molecule has 158 valence electrons. The van der Waals surface area contributed by atoms with Crippen LogP contribution in [0.1, 0.15) is 0 Å². The molecule has 0 unspecified atom stereocenters. The summed E-state index contributed by atoms with van der Waals surface area (Å²) in [5.41, 5.74) is 0.744. The Labute approximate surface area is 175 Å². The summed E-state index contributed by atoms with van der Waals surface area (Å²) in [6.45, 7) is 3.20. The molecule has 3 aromatic rings. The van der Waals surface area contributed by atoms with Crippen molar-refractivity contribution in [3.8, 4) is 11.5 Å². The van der Waals surface area contributed by atoms with E-state index in [9.17, 15) is 8.42 Å². The molecule has 1 aliphatic rings. The Hall–Kier alpha value is -3.11. The van der Waals surface area contributed by atoms with Crippen LogP contribution >= 0.6 is 0 Å². The van der Waals surface area contributed by atoms with Gasteiger partial charge in [0.25, 0.3) is 10.0 Å². The number of fused-ring (bicyclic) bond motifs is 1. The van der Waals surface area contributed by atoms with Crippen molar-refractivity contribution in [3.05, 3.63) is 42.6 Å². The Morgan fingerprint density at radius 3 is 2.57 bits per heavy atom. The van der Waals surface area contributed by atoms with E-state index in [0.717, 1.165) is 37.1 Å². The smallest absolute Gasteiger partial charge is 0.263 e. The lowest BCUT2D eigenvalue weighted by Crippen LogP contribution is -2.44. The molecule has 4 rings (SSSR count). The van der Waals surface area contributed by atoms with Crippen molar-refractivity contribution in [2.24, 2.45) is 0 Å². The SMILES string of the molecule is COc1ccc(S(=O)(=O)Nc2cc3cccnc3c(N3CCNCC3)n2)cc1OC. The fraction of sp³-hybridized carbons (Fsp3) is 0.300. The third kappa shape index (κ3) is 3.96. The quantitative estimate of drug-likeness (QED) is 0.612. The number of piperazine rings is 1. The number of anilines is 2. The second-order valence-electron chi connectivity index (χ2n) is 6.77. The highest BCUT2D eigenvalue weighted by molar-refractivity contribution is 7.92. The summed E-state index contributed by atoms with van der Waals surface area (Å²) in [6.07, 6.45) is 1.71. The number of ether oxygens (including phenoxy) is 2. The van der Waals surface area contributed by atoms with E-state index in [4.69, 9.17) is 9.47 Å². The van der Waals surface area contributed by atoms with Crippen molar-refractivity contribution in [2.45, 2.75) is 4.90 Å². The van der Waals surface area contributed by atoms with Gasteiger partial charge in [-0.2, -0.15) is 0 Å². The van der Waals surface area contributed by atoms with Gasteiger partial charge >= 0.3 is 0 Å². The number of nitrogens with zero attached hydrogens (tertiary/aromatic N) is 3. The summed E-state index contributed by atoms with van der Waals surface area (Å²) in [6, 6.07) is 9.83. The highest BCUT2D eigenvalue weighted by atomic mass is 32.2. The van der Waals surface area contributed by atoms with Crippen LogP contribution in [0, 0.1) is 0 Å². The number of aromatic nitrogens is 2. The van der Waals surface area contributed by atoms with Gasteiger partial charge in [-0.3, -0.25) is 9.71 Å². The Balaban J connectivity index is 1.73. The van der Waals surface area contributed by atoms with Gasteiger partial charge in [0.05, 0.1) is 19.1 Å². The average Bonchev–Trinajstić information content (AvgIpc) is 2.78. The Kier molecular flexibility index (Phi) is 5.60. The van der Waals surface area contributed by atoms with Crippen LogP contribution in [-0.2, 0) is 10.0 Å². The van der Waals surface area contributed by atoms with E-state index in [1.807, 2.05) is 12.1 Å². The molecule has 2 N–H and O–H groups in total. The van der Waals surface area contributed by atoms with E-state index < -0.39 is 10.0 Å². The van der Waals surface area contributed by atoms with Crippen molar-refractivity contribution in [1.29, 1.82) is 0 Å². The number of pyridine rings is 2. The van der Waals surface area contributed by atoms with Crippen LogP contribution in [0.15, 0.2) is 47.5 Å². The summed E-state index contributed by atoms with van der Waals surface area (Å²) in [5, 5.41) is 4.11. The van der Waals surface area contributed by atoms with Gasteiger partial charge in [-0.15, -0.1) is 0 Å². The zero-order valence-corrected chi connectivity index (χ0v) is 17.6. The van der Waals surface area contributed by atoms with Crippen LogP contribution in [-0.4, -0.2) is 58.8 Å². The summed E-state index contributed by atoms with van der Waals surface area (Å²) < 4.78 is 39.0. The van der Waals surface area contributed by atoms with Gasteiger partial charge in [0, 0.05) is 43.8 Å². The van der Waals surface area contributed by atoms with Crippen LogP contribution in [0.2, 0.25) is 0 Å². The molecule has 2 aromatic heterocycles. The monoisotopic (exact) mass is 429 g/mol. The largest absolute Gasteiger partial charge is 0.493 e. The fourth-order valence-electron chi connectivity index (χ4n) is 3.40. The molecule has 0 aliphatic carbocycles. The number of methoxy groups -OCH3 is 2. The molecule has 30 heavy (non-hydrogen) atoms. The van der Waals surface area contributed by atoms with Gasteiger partial charge in [-0.1, -0.05) is 6.07 Å². The number of benzene rings is 1. The molecule has 0 amide bonds. The number of sulfonamides is 1. The maximum Gasteiger partial charge on any atom is 0.263 e. The third-order valence-corrected chi connectivity index (χ3v) is 6.24. The van der Waals surface area contributed by atoms with E-state index >= 15 is 0 Å². The molecule has 3 heterocycles. The average molecular weight is 430 g/mol. The van der Waals surface area contributed by atoms with Crippen LogP contribution in [0.25, 0.3) is 10.9 Å². The molecule has 1 saturated heterocycles. The van der Waals surface area contributed by atoms with Gasteiger partial charge in [-0.05, 0) is 24.3 Å². The predicted octanol–water partition coefficient (Wildman–Crippen LogP) is 1.86. The summed E-state index contributed by atoms with van der Waals surface area (Å²) >= 11 is 0. The van der Waals surface area contributed by atoms with E-state index in [-0.39, 0.29) is 10.7 Å². The molecule has 9 nitrogen and oxygen atoms in total. The molecule has 1 fully saturated rings. The molecule has 0 radical (unpaired) electrons. The number of hydrogen-bond donors (Lipinski definition) is 2. The number of rotatable bonds is 6. The normalized spacial score (nSPS) is 14.5. The highest BCUT2D eigenvalue weighted by Gasteiger charge is 2.21. The molecule has 0 spiro atoms. The van der Waals surface area contributed by atoms with Crippen molar-refractivity contribution >= 4 is 32.6 Å². The first kappa shape index (κ1) is 20.2. The maximum absolute atomic E-state index is 13.0. The van der Waals surface area contributed by atoms with Crippen molar-refractivity contribution < 1.29 is 17.9 Å². The van der Waals surface area contributed by atoms with Crippen LogP contribution in [0.5, 0.6) is 11.5 Å². The summed E-state index contributed by atoms with van der Waals surface area (Å²) in [4.78, 5) is 11.2.